The van der Waals surface area contributed by atoms with Gasteiger partial charge in [-0.3, -0.25) is 9.89 Å². The summed E-state index contributed by atoms with van der Waals surface area (Å²) in [6.45, 7) is 2.12. The topological polar surface area (TPSA) is 69.8 Å². The minimum atomic E-state index is -0.0717. The van der Waals surface area contributed by atoms with E-state index in [0.717, 1.165) is 17.1 Å². The molecule has 0 saturated carbocycles. The number of nitrogens with zero attached hydrogens (tertiary/aromatic N) is 1. The van der Waals surface area contributed by atoms with Gasteiger partial charge in [-0.1, -0.05) is 30.3 Å². The average molecular weight is 320 g/mol. The molecular formula is C19H20N4O. The van der Waals surface area contributed by atoms with Crippen molar-refractivity contribution in [2.45, 2.75) is 19.4 Å². The molecule has 0 saturated heterocycles. The third-order valence-electron chi connectivity index (χ3n) is 3.76. The quantitative estimate of drug-likeness (QED) is 0.647. The SMILES string of the molecule is C[C@H](Nc1ccc(NC(=O)Cc2ccn[nH]2)cc1)c1ccccc1. The largest absolute Gasteiger partial charge is 0.379 e. The van der Waals surface area contributed by atoms with Crippen LogP contribution in [0.2, 0.25) is 0 Å². The normalized spacial score (nSPS) is 11.7. The Labute approximate surface area is 141 Å². The molecule has 5 nitrogen and oxygen atoms in total. The maximum absolute atomic E-state index is 12.0. The van der Waals surface area contributed by atoms with Crippen LogP contribution in [-0.2, 0) is 11.2 Å². The van der Waals surface area contributed by atoms with Crippen LogP contribution in [0.15, 0.2) is 66.9 Å². The summed E-state index contributed by atoms with van der Waals surface area (Å²) in [5, 5.41) is 12.9. The molecule has 0 radical (unpaired) electrons. The first-order chi connectivity index (χ1) is 11.7. The van der Waals surface area contributed by atoms with Crippen LogP contribution in [0.3, 0.4) is 0 Å². The molecule has 3 rings (SSSR count). The molecule has 0 aliphatic carbocycles. The number of rotatable bonds is 6. The minimum Gasteiger partial charge on any atom is -0.379 e. The number of aromatic amines is 1. The Morgan fingerprint density at radius 3 is 2.42 bits per heavy atom. The maximum Gasteiger partial charge on any atom is 0.230 e. The molecule has 0 unspecified atom stereocenters. The van der Waals surface area contributed by atoms with Crippen LogP contribution in [0, 0.1) is 0 Å². The predicted molar refractivity (Wildman–Crippen MR) is 95.8 cm³/mol. The van der Waals surface area contributed by atoms with Crippen LogP contribution >= 0.6 is 0 Å². The van der Waals surface area contributed by atoms with Crippen molar-refractivity contribution in [1.29, 1.82) is 0 Å². The van der Waals surface area contributed by atoms with Crippen LogP contribution in [0.25, 0.3) is 0 Å². The van der Waals surface area contributed by atoms with Crippen LogP contribution in [0.4, 0.5) is 11.4 Å². The molecule has 5 heteroatoms. The van der Waals surface area contributed by atoms with Crippen LogP contribution in [0.5, 0.6) is 0 Å². The molecule has 1 atom stereocenters. The van der Waals surface area contributed by atoms with Gasteiger partial charge in [0.2, 0.25) is 5.91 Å². The Kier molecular flexibility index (Phi) is 4.91. The highest BCUT2D eigenvalue weighted by molar-refractivity contribution is 5.92. The molecule has 0 fully saturated rings. The van der Waals surface area contributed by atoms with Gasteiger partial charge >= 0.3 is 0 Å². The highest BCUT2D eigenvalue weighted by atomic mass is 16.1. The van der Waals surface area contributed by atoms with Crippen LogP contribution in [-0.4, -0.2) is 16.1 Å². The van der Waals surface area contributed by atoms with Crippen molar-refractivity contribution in [2.75, 3.05) is 10.6 Å². The smallest absolute Gasteiger partial charge is 0.230 e. The Morgan fingerprint density at radius 1 is 1.04 bits per heavy atom. The molecule has 122 valence electrons. The zero-order valence-electron chi connectivity index (χ0n) is 13.5. The van der Waals surface area contributed by atoms with E-state index in [1.54, 1.807) is 12.3 Å². The Hall–Kier alpha value is -3.08. The zero-order valence-corrected chi connectivity index (χ0v) is 13.5. The first kappa shape index (κ1) is 15.8. The summed E-state index contributed by atoms with van der Waals surface area (Å²) in [7, 11) is 0. The standard InChI is InChI=1S/C19H20N4O/c1-14(15-5-3-2-4-6-15)21-16-7-9-17(10-8-16)22-19(24)13-18-11-12-20-23-18/h2-12,14,21H,13H2,1H3,(H,20,23)(H,22,24)/t14-/m0/s1. The van der Waals surface area contributed by atoms with Crippen molar-refractivity contribution in [3.8, 4) is 0 Å². The van der Waals surface area contributed by atoms with Gasteiger partial charge in [0.05, 0.1) is 6.42 Å². The number of hydrogen-bond donors (Lipinski definition) is 3. The van der Waals surface area contributed by atoms with E-state index in [-0.39, 0.29) is 18.4 Å². The Bertz CT molecular complexity index is 767. The fraction of sp³-hybridized carbons (Fsp3) is 0.158. The molecule has 0 aliphatic heterocycles. The molecule has 0 aliphatic rings. The van der Waals surface area contributed by atoms with Gasteiger partial charge in [0.15, 0.2) is 0 Å². The van der Waals surface area contributed by atoms with E-state index in [9.17, 15) is 4.79 Å². The van der Waals surface area contributed by atoms with Gasteiger partial charge in [0.1, 0.15) is 0 Å². The molecule has 1 aromatic heterocycles. The first-order valence-electron chi connectivity index (χ1n) is 7.90. The van der Waals surface area contributed by atoms with Crippen LogP contribution < -0.4 is 10.6 Å². The molecule has 1 heterocycles. The molecule has 0 bridgehead atoms. The molecule has 2 aromatic carbocycles. The molecule has 24 heavy (non-hydrogen) atoms. The molecule has 3 aromatic rings. The molecular weight excluding hydrogens is 300 g/mol. The number of H-pyrrole nitrogens is 1. The highest BCUT2D eigenvalue weighted by Crippen LogP contribution is 2.20. The highest BCUT2D eigenvalue weighted by Gasteiger charge is 2.07. The summed E-state index contributed by atoms with van der Waals surface area (Å²) < 4.78 is 0. The Balaban J connectivity index is 1.56. The van der Waals surface area contributed by atoms with Crippen molar-refractivity contribution < 1.29 is 4.79 Å². The van der Waals surface area contributed by atoms with Gasteiger partial charge in [-0.15, -0.1) is 0 Å². The summed E-state index contributed by atoms with van der Waals surface area (Å²) in [6, 6.07) is 20.0. The monoisotopic (exact) mass is 320 g/mol. The average Bonchev–Trinajstić information content (AvgIpc) is 3.10. The van der Waals surface area contributed by atoms with Gasteiger partial charge in [-0.25, -0.2) is 0 Å². The predicted octanol–water partition coefficient (Wildman–Crippen LogP) is 3.76. The van der Waals surface area contributed by atoms with Gasteiger partial charge in [0.25, 0.3) is 0 Å². The number of hydrogen-bond acceptors (Lipinski definition) is 3. The third-order valence-corrected chi connectivity index (χ3v) is 3.76. The van der Waals surface area contributed by atoms with Gasteiger partial charge < -0.3 is 10.6 Å². The van der Waals surface area contributed by atoms with E-state index in [2.05, 4.69) is 39.9 Å². The lowest BCUT2D eigenvalue weighted by atomic mass is 10.1. The second-order valence-electron chi connectivity index (χ2n) is 5.66. The van der Waals surface area contributed by atoms with Crippen molar-refractivity contribution in [1.82, 2.24) is 10.2 Å². The third kappa shape index (κ3) is 4.23. The Morgan fingerprint density at radius 2 is 1.75 bits per heavy atom. The van der Waals surface area contributed by atoms with E-state index in [1.807, 2.05) is 42.5 Å². The van der Waals surface area contributed by atoms with Gasteiger partial charge in [0, 0.05) is 29.3 Å². The second-order valence-corrected chi connectivity index (χ2v) is 5.66. The number of amides is 1. The summed E-state index contributed by atoms with van der Waals surface area (Å²) in [5.74, 6) is -0.0717. The fourth-order valence-electron chi connectivity index (χ4n) is 2.49. The number of carbonyl (C=O) groups is 1. The van der Waals surface area contributed by atoms with E-state index in [4.69, 9.17) is 0 Å². The van der Waals surface area contributed by atoms with Gasteiger partial charge in [-0.05, 0) is 42.8 Å². The number of carbonyl (C=O) groups excluding carboxylic acids is 1. The van der Waals surface area contributed by atoms with Crippen molar-refractivity contribution in [3.05, 3.63) is 78.1 Å². The van der Waals surface area contributed by atoms with E-state index in [1.165, 1.54) is 5.56 Å². The summed E-state index contributed by atoms with van der Waals surface area (Å²) in [6.07, 6.45) is 1.92. The summed E-state index contributed by atoms with van der Waals surface area (Å²) in [5.41, 5.74) is 3.81. The van der Waals surface area contributed by atoms with E-state index >= 15 is 0 Å². The molecule has 1 amide bonds. The van der Waals surface area contributed by atoms with Crippen LogP contribution in [0.1, 0.15) is 24.2 Å². The van der Waals surface area contributed by atoms with Crippen molar-refractivity contribution in [3.63, 3.8) is 0 Å². The minimum absolute atomic E-state index is 0.0717. The zero-order chi connectivity index (χ0) is 16.8. The summed E-state index contributed by atoms with van der Waals surface area (Å²) >= 11 is 0. The van der Waals surface area contributed by atoms with Crippen molar-refractivity contribution >= 4 is 17.3 Å². The second kappa shape index (κ2) is 7.46. The fourth-order valence-corrected chi connectivity index (χ4v) is 2.49. The number of anilines is 2. The lowest BCUT2D eigenvalue weighted by Crippen LogP contribution is -2.14. The molecule has 3 N–H and O–H groups in total. The van der Waals surface area contributed by atoms with Crippen molar-refractivity contribution in [2.24, 2.45) is 0 Å². The number of benzene rings is 2. The summed E-state index contributed by atoms with van der Waals surface area (Å²) in [4.78, 5) is 12.0. The maximum atomic E-state index is 12.0. The van der Waals surface area contributed by atoms with E-state index in [0.29, 0.717) is 0 Å². The number of aromatic nitrogens is 2. The van der Waals surface area contributed by atoms with E-state index < -0.39 is 0 Å². The lowest BCUT2D eigenvalue weighted by molar-refractivity contribution is -0.115. The molecule has 0 spiro atoms. The lowest BCUT2D eigenvalue weighted by Gasteiger charge is -2.16. The number of nitrogens with one attached hydrogen (secondary N) is 3. The van der Waals surface area contributed by atoms with Gasteiger partial charge in [-0.2, -0.15) is 5.10 Å². The first-order valence-corrected chi connectivity index (χ1v) is 7.90.